The SMILES string of the molecule is COc1cc(OC)cc(OC(=O)c2ccc(S(=O)(=O)N(C)c3ccccc3)cc2)c1. The molecular weight excluding hydrogens is 406 g/mol. The maximum Gasteiger partial charge on any atom is 0.343 e. The van der Waals surface area contributed by atoms with Crippen LogP contribution in [0.4, 0.5) is 5.69 Å². The van der Waals surface area contributed by atoms with Crippen molar-refractivity contribution >= 4 is 21.7 Å². The molecule has 0 spiro atoms. The summed E-state index contributed by atoms with van der Waals surface area (Å²) < 4.78 is 42.5. The predicted molar refractivity (Wildman–Crippen MR) is 113 cm³/mol. The smallest absolute Gasteiger partial charge is 0.343 e. The van der Waals surface area contributed by atoms with Crippen molar-refractivity contribution in [1.29, 1.82) is 0 Å². The number of rotatable bonds is 7. The van der Waals surface area contributed by atoms with Crippen LogP contribution in [0.15, 0.2) is 77.7 Å². The third-order valence-corrected chi connectivity index (χ3v) is 6.20. The first-order chi connectivity index (χ1) is 14.3. The molecule has 0 saturated carbocycles. The van der Waals surface area contributed by atoms with E-state index < -0.39 is 16.0 Å². The molecule has 0 bridgehead atoms. The van der Waals surface area contributed by atoms with Gasteiger partial charge in [-0.3, -0.25) is 4.31 Å². The van der Waals surface area contributed by atoms with E-state index in [9.17, 15) is 13.2 Å². The summed E-state index contributed by atoms with van der Waals surface area (Å²) in [4.78, 5) is 12.5. The standard InChI is InChI=1S/C22H21NO6S/c1-23(17-7-5-4-6-8-17)30(25,26)21-11-9-16(10-12-21)22(24)29-20-14-18(27-2)13-19(15-20)28-3/h4-15H,1-3H3. The Hall–Kier alpha value is -3.52. The molecule has 0 fully saturated rings. The van der Waals surface area contributed by atoms with Gasteiger partial charge in [-0.05, 0) is 36.4 Å². The Kier molecular flexibility index (Phi) is 6.27. The van der Waals surface area contributed by atoms with Crippen LogP contribution in [0.2, 0.25) is 0 Å². The Labute approximate surface area is 175 Å². The van der Waals surface area contributed by atoms with Crippen LogP contribution < -0.4 is 18.5 Å². The molecule has 156 valence electrons. The van der Waals surface area contributed by atoms with E-state index in [1.807, 2.05) is 6.07 Å². The number of esters is 1. The quantitative estimate of drug-likeness (QED) is 0.422. The first-order valence-corrected chi connectivity index (χ1v) is 10.4. The fourth-order valence-electron chi connectivity index (χ4n) is 2.70. The van der Waals surface area contributed by atoms with Crippen LogP contribution in [-0.2, 0) is 10.0 Å². The summed E-state index contributed by atoms with van der Waals surface area (Å²) in [6.07, 6.45) is 0. The summed E-state index contributed by atoms with van der Waals surface area (Å²) in [6, 6.07) is 19.0. The van der Waals surface area contributed by atoms with Crippen LogP contribution in [0.1, 0.15) is 10.4 Å². The van der Waals surface area contributed by atoms with Gasteiger partial charge in [0.2, 0.25) is 0 Å². The fourth-order valence-corrected chi connectivity index (χ4v) is 3.90. The number of benzene rings is 3. The normalized spacial score (nSPS) is 10.9. The second-order valence-corrected chi connectivity index (χ2v) is 8.24. The van der Waals surface area contributed by atoms with Crippen molar-refractivity contribution in [2.45, 2.75) is 4.90 Å². The third kappa shape index (κ3) is 4.55. The zero-order valence-electron chi connectivity index (χ0n) is 16.7. The number of para-hydroxylation sites is 1. The maximum absolute atomic E-state index is 12.8. The largest absolute Gasteiger partial charge is 0.496 e. The highest BCUT2D eigenvalue weighted by Gasteiger charge is 2.22. The van der Waals surface area contributed by atoms with Crippen LogP contribution in [0, 0.1) is 0 Å². The van der Waals surface area contributed by atoms with Gasteiger partial charge in [0.05, 0.1) is 30.4 Å². The zero-order valence-corrected chi connectivity index (χ0v) is 17.5. The first kappa shape index (κ1) is 21.2. The van der Waals surface area contributed by atoms with Crippen molar-refractivity contribution in [3.8, 4) is 17.2 Å². The number of carbonyl (C=O) groups excluding carboxylic acids is 1. The van der Waals surface area contributed by atoms with Crippen molar-refractivity contribution < 1.29 is 27.4 Å². The van der Waals surface area contributed by atoms with Gasteiger partial charge in [-0.15, -0.1) is 0 Å². The van der Waals surface area contributed by atoms with Crippen molar-refractivity contribution in [3.63, 3.8) is 0 Å². The molecule has 0 aliphatic heterocycles. The Bertz CT molecular complexity index is 1110. The minimum atomic E-state index is -3.76. The summed E-state index contributed by atoms with van der Waals surface area (Å²) in [5.74, 6) is 0.562. The lowest BCUT2D eigenvalue weighted by atomic mass is 10.2. The third-order valence-electron chi connectivity index (χ3n) is 4.40. The number of anilines is 1. The Morgan fingerprint density at radius 2 is 1.33 bits per heavy atom. The molecule has 3 rings (SSSR count). The van der Waals surface area contributed by atoms with E-state index in [0.717, 1.165) is 0 Å². The molecule has 0 aliphatic rings. The molecule has 0 amide bonds. The van der Waals surface area contributed by atoms with Gasteiger partial charge >= 0.3 is 5.97 Å². The lowest BCUT2D eigenvalue weighted by molar-refractivity contribution is 0.0734. The molecule has 7 nitrogen and oxygen atoms in total. The van der Waals surface area contributed by atoms with Crippen molar-refractivity contribution in [2.24, 2.45) is 0 Å². The monoisotopic (exact) mass is 427 g/mol. The summed E-state index contributed by atoms with van der Waals surface area (Å²) in [5.41, 5.74) is 0.742. The molecule has 0 atom stereocenters. The van der Waals surface area contributed by atoms with Gasteiger partial charge in [0.25, 0.3) is 10.0 Å². The Morgan fingerprint density at radius 3 is 1.87 bits per heavy atom. The van der Waals surface area contributed by atoms with E-state index in [1.165, 1.54) is 49.8 Å². The minimum Gasteiger partial charge on any atom is -0.496 e. The molecule has 0 radical (unpaired) electrons. The number of carbonyl (C=O) groups is 1. The van der Waals surface area contributed by atoms with E-state index in [2.05, 4.69) is 0 Å². The molecule has 0 aromatic heterocycles. The van der Waals surface area contributed by atoms with Gasteiger partial charge < -0.3 is 14.2 Å². The molecule has 3 aromatic rings. The van der Waals surface area contributed by atoms with Crippen LogP contribution in [-0.4, -0.2) is 35.7 Å². The van der Waals surface area contributed by atoms with E-state index in [0.29, 0.717) is 17.2 Å². The van der Waals surface area contributed by atoms with E-state index in [4.69, 9.17) is 14.2 Å². The first-order valence-electron chi connectivity index (χ1n) is 8.94. The van der Waals surface area contributed by atoms with Gasteiger partial charge in [0.1, 0.15) is 17.2 Å². The number of nitrogens with zero attached hydrogens (tertiary/aromatic N) is 1. The van der Waals surface area contributed by atoms with Crippen LogP contribution in [0.25, 0.3) is 0 Å². The lowest BCUT2D eigenvalue weighted by Gasteiger charge is -2.19. The number of sulfonamides is 1. The van der Waals surface area contributed by atoms with Gasteiger partial charge in [0, 0.05) is 25.2 Å². The number of hydrogen-bond donors (Lipinski definition) is 0. The van der Waals surface area contributed by atoms with E-state index in [-0.39, 0.29) is 16.2 Å². The van der Waals surface area contributed by atoms with E-state index >= 15 is 0 Å². The summed E-state index contributed by atoms with van der Waals surface area (Å²) >= 11 is 0. The van der Waals surface area contributed by atoms with Crippen LogP contribution in [0.3, 0.4) is 0 Å². The molecule has 0 unspecified atom stereocenters. The van der Waals surface area contributed by atoms with E-state index in [1.54, 1.807) is 42.5 Å². The Balaban J connectivity index is 1.79. The lowest BCUT2D eigenvalue weighted by Crippen LogP contribution is -2.26. The summed E-state index contributed by atoms with van der Waals surface area (Å²) in [7, 11) is 0.696. The Morgan fingerprint density at radius 1 is 0.800 bits per heavy atom. The van der Waals surface area contributed by atoms with Gasteiger partial charge in [-0.1, -0.05) is 18.2 Å². The van der Waals surface area contributed by atoms with Crippen molar-refractivity contribution in [2.75, 3.05) is 25.6 Å². The minimum absolute atomic E-state index is 0.0634. The average Bonchev–Trinajstić information content (AvgIpc) is 2.78. The van der Waals surface area contributed by atoms with Crippen LogP contribution in [0.5, 0.6) is 17.2 Å². The second kappa shape index (κ2) is 8.87. The van der Waals surface area contributed by atoms with Gasteiger partial charge in [0.15, 0.2) is 0 Å². The molecule has 0 aliphatic carbocycles. The fraction of sp³-hybridized carbons (Fsp3) is 0.136. The van der Waals surface area contributed by atoms with Crippen molar-refractivity contribution in [3.05, 3.63) is 78.4 Å². The summed E-state index contributed by atoms with van der Waals surface area (Å²) in [5, 5.41) is 0. The van der Waals surface area contributed by atoms with Gasteiger partial charge in [-0.2, -0.15) is 0 Å². The highest BCUT2D eigenvalue weighted by Crippen LogP contribution is 2.28. The predicted octanol–water partition coefficient (Wildman–Crippen LogP) is 3.75. The number of methoxy groups -OCH3 is 2. The number of ether oxygens (including phenoxy) is 3. The molecule has 30 heavy (non-hydrogen) atoms. The zero-order chi connectivity index (χ0) is 21.7. The molecule has 0 saturated heterocycles. The number of hydrogen-bond acceptors (Lipinski definition) is 6. The topological polar surface area (TPSA) is 82.1 Å². The molecule has 0 N–H and O–H groups in total. The molecule has 8 heteroatoms. The molecule has 0 heterocycles. The molecular formula is C22H21NO6S. The maximum atomic E-state index is 12.8. The van der Waals surface area contributed by atoms with Crippen LogP contribution >= 0.6 is 0 Å². The van der Waals surface area contributed by atoms with Gasteiger partial charge in [-0.25, -0.2) is 13.2 Å². The second-order valence-electron chi connectivity index (χ2n) is 6.27. The highest BCUT2D eigenvalue weighted by molar-refractivity contribution is 7.92. The van der Waals surface area contributed by atoms with Crippen molar-refractivity contribution in [1.82, 2.24) is 0 Å². The average molecular weight is 427 g/mol. The summed E-state index contributed by atoms with van der Waals surface area (Å²) in [6.45, 7) is 0. The highest BCUT2D eigenvalue weighted by atomic mass is 32.2. The molecule has 3 aromatic carbocycles.